The average molecular weight is 236 g/mol. The fourth-order valence-corrected chi connectivity index (χ4v) is 2.72. The Labute approximate surface area is 97.9 Å². The van der Waals surface area contributed by atoms with Gasteiger partial charge >= 0.3 is 0 Å². The van der Waals surface area contributed by atoms with Crippen LogP contribution in [0.4, 0.5) is 4.39 Å². The van der Waals surface area contributed by atoms with Crippen LogP contribution in [0.3, 0.4) is 0 Å². The normalized spacial score (nSPS) is 14.8. The van der Waals surface area contributed by atoms with Gasteiger partial charge in [-0.2, -0.15) is 0 Å². The quantitative estimate of drug-likeness (QED) is 0.870. The Morgan fingerprint density at radius 1 is 1.38 bits per heavy atom. The number of aryl methyl sites for hydroxylation is 1. The average Bonchev–Trinajstić information content (AvgIpc) is 2.66. The second kappa shape index (κ2) is 3.96. The lowest BCUT2D eigenvalue weighted by Crippen LogP contribution is -2.35. The highest BCUT2D eigenvalue weighted by Crippen LogP contribution is 2.31. The fourth-order valence-electron chi connectivity index (χ4n) is 1.70. The summed E-state index contributed by atoms with van der Waals surface area (Å²) in [5.74, 6) is -0.345. The van der Waals surface area contributed by atoms with Crippen molar-refractivity contribution >= 4 is 11.3 Å². The van der Waals surface area contributed by atoms with E-state index in [4.69, 9.17) is 5.73 Å². The predicted molar refractivity (Wildman–Crippen MR) is 63.9 cm³/mol. The monoisotopic (exact) mass is 236 g/mol. The maximum atomic E-state index is 12.8. The minimum atomic E-state index is -0.661. The van der Waals surface area contributed by atoms with Gasteiger partial charge in [-0.25, -0.2) is 4.39 Å². The number of thiophene rings is 1. The molecule has 2 heterocycles. The van der Waals surface area contributed by atoms with Crippen molar-refractivity contribution in [1.82, 2.24) is 4.98 Å². The summed E-state index contributed by atoms with van der Waals surface area (Å²) in [4.78, 5) is 5.12. The fraction of sp³-hybridized carbons (Fsp3) is 0.250. The molecule has 0 aliphatic rings. The Balaban J connectivity index is 2.46. The van der Waals surface area contributed by atoms with Crippen LogP contribution < -0.4 is 5.73 Å². The molecule has 0 aromatic carbocycles. The van der Waals surface area contributed by atoms with Gasteiger partial charge in [0.05, 0.1) is 17.4 Å². The summed E-state index contributed by atoms with van der Waals surface area (Å²) in [6.45, 7) is 3.91. The molecule has 2 nitrogen and oxygen atoms in total. The summed E-state index contributed by atoms with van der Waals surface area (Å²) in [6, 6.07) is 5.04. The van der Waals surface area contributed by atoms with Crippen molar-refractivity contribution in [3.8, 4) is 0 Å². The first-order valence-corrected chi connectivity index (χ1v) is 5.85. The summed E-state index contributed by atoms with van der Waals surface area (Å²) in [5.41, 5.74) is 7.44. The third-order valence-corrected chi connectivity index (χ3v) is 3.85. The van der Waals surface area contributed by atoms with Gasteiger partial charge in [-0.1, -0.05) is 0 Å². The van der Waals surface area contributed by atoms with Crippen molar-refractivity contribution in [2.75, 3.05) is 0 Å². The van der Waals surface area contributed by atoms with E-state index >= 15 is 0 Å². The molecular weight excluding hydrogens is 223 g/mol. The van der Waals surface area contributed by atoms with Crippen molar-refractivity contribution in [3.63, 3.8) is 0 Å². The summed E-state index contributed by atoms with van der Waals surface area (Å²) < 4.78 is 12.8. The van der Waals surface area contributed by atoms with Crippen molar-refractivity contribution in [1.29, 1.82) is 0 Å². The van der Waals surface area contributed by atoms with Crippen LogP contribution in [0.1, 0.15) is 23.1 Å². The highest BCUT2D eigenvalue weighted by Gasteiger charge is 2.28. The Morgan fingerprint density at radius 3 is 2.62 bits per heavy atom. The molecule has 16 heavy (non-hydrogen) atoms. The Morgan fingerprint density at radius 2 is 2.12 bits per heavy atom. The van der Waals surface area contributed by atoms with E-state index in [0.717, 1.165) is 10.4 Å². The van der Waals surface area contributed by atoms with E-state index in [1.54, 1.807) is 17.4 Å². The van der Waals surface area contributed by atoms with Gasteiger partial charge in [0.15, 0.2) is 0 Å². The number of aromatic nitrogens is 1. The van der Waals surface area contributed by atoms with Gasteiger partial charge in [-0.05, 0) is 43.0 Å². The molecule has 4 heteroatoms. The zero-order valence-electron chi connectivity index (χ0n) is 9.20. The van der Waals surface area contributed by atoms with E-state index in [1.807, 2.05) is 25.3 Å². The predicted octanol–water partition coefficient (Wildman–Crippen LogP) is 2.81. The topological polar surface area (TPSA) is 38.9 Å². The number of pyridine rings is 1. The van der Waals surface area contributed by atoms with Crippen LogP contribution in [-0.4, -0.2) is 4.98 Å². The smallest absolute Gasteiger partial charge is 0.141 e. The minimum Gasteiger partial charge on any atom is -0.316 e. The highest BCUT2D eigenvalue weighted by atomic mass is 32.1. The first-order chi connectivity index (χ1) is 7.51. The molecule has 0 saturated carbocycles. The van der Waals surface area contributed by atoms with Gasteiger partial charge in [-0.3, -0.25) is 4.98 Å². The van der Waals surface area contributed by atoms with Gasteiger partial charge in [0.2, 0.25) is 0 Å². The number of rotatable bonds is 2. The Kier molecular flexibility index (Phi) is 2.78. The summed E-state index contributed by atoms with van der Waals surface area (Å²) in [5, 5.41) is 2.00. The lowest BCUT2D eigenvalue weighted by atomic mass is 9.94. The van der Waals surface area contributed by atoms with Gasteiger partial charge < -0.3 is 5.73 Å². The van der Waals surface area contributed by atoms with Crippen LogP contribution in [0.2, 0.25) is 0 Å². The van der Waals surface area contributed by atoms with Gasteiger partial charge in [-0.15, -0.1) is 11.3 Å². The molecule has 1 atom stereocenters. The molecule has 2 N–H and O–H groups in total. The standard InChI is InChI=1S/C12H13FN2S/c1-8-5-6-16-11(8)12(2,14)10-4-3-9(13)7-15-10/h3-7H,14H2,1-2H3. The lowest BCUT2D eigenvalue weighted by molar-refractivity contribution is 0.574. The second-order valence-electron chi connectivity index (χ2n) is 4.00. The zero-order valence-corrected chi connectivity index (χ0v) is 10.0. The second-order valence-corrected chi connectivity index (χ2v) is 4.91. The molecule has 2 rings (SSSR count). The number of nitrogens with two attached hydrogens (primary N) is 1. The lowest BCUT2D eigenvalue weighted by Gasteiger charge is -2.23. The molecule has 2 aromatic rings. The van der Waals surface area contributed by atoms with Crippen LogP contribution in [0.25, 0.3) is 0 Å². The molecule has 0 bridgehead atoms. The molecule has 0 saturated heterocycles. The highest BCUT2D eigenvalue weighted by molar-refractivity contribution is 7.10. The van der Waals surface area contributed by atoms with Gasteiger partial charge in [0, 0.05) is 4.88 Å². The van der Waals surface area contributed by atoms with Crippen molar-refractivity contribution in [3.05, 3.63) is 51.7 Å². The molecule has 0 aliphatic heterocycles. The molecular formula is C12H13FN2S. The van der Waals surface area contributed by atoms with E-state index in [1.165, 1.54) is 12.3 Å². The Hall–Kier alpha value is -1.26. The molecule has 84 valence electrons. The van der Waals surface area contributed by atoms with Crippen LogP contribution in [0.15, 0.2) is 29.8 Å². The molecule has 0 aliphatic carbocycles. The van der Waals surface area contributed by atoms with Crippen LogP contribution in [-0.2, 0) is 5.54 Å². The maximum absolute atomic E-state index is 12.8. The van der Waals surface area contributed by atoms with Crippen molar-refractivity contribution in [2.45, 2.75) is 19.4 Å². The molecule has 1 unspecified atom stereocenters. The van der Waals surface area contributed by atoms with E-state index in [0.29, 0.717) is 5.69 Å². The molecule has 0 radical (unpaired) electrons. The summed E-state index contributed by atoms with van der Waals surface area (Å²) in [7, 11) is 0. The minimum absolute atomic E-state index is 0.345. The number of hydrogen-bond donors (Lipinski definition) is 1. The van der Waals surface area contributed by atoms with Gasteiger partial charge in [0.1, 0.15) is 5.82 Å². The molecule has 0 fully saturated rings. The van der Waals surface area contributed by atoms with E-state index in [-0.39, 0.29) is 5.82 Å². The van der Waals surface area contributed by atoms with E-state index in [9.17, 15) is 4.39 Å². The van der Waals surface area contributed by atoms with Gasteiger partial charge in [0.25, 0.3) is 0 Å². The third-order valence-electron chi connectivity index (χ3n) is 2.59. The van der Waals surface area contributed by atoms with Crippen LogP contribution >= 0.6 is 11.3 Å². The van der Waals surface area contributed by atoms with Crippen LogP contribution in [0, 0.1) is 12.7 Å². The Bertz CT molecular complexity index is 488. The summed E-state index contributed by atoms with van der Waals surface area (Å²) >= 11 is 1.60. The largest absolute Gasteiger partial charge is 0.316 e. The zero-order chi connectivity index (χ0) is 11.8. The van der Waals surface area contributed by atoms with Crippen molar-refractivity contribution < 1.29 is 4.39 Å². The molecule has 2 aromatic heterocycles. The molecule has 0 spiro atoms. The van der Waals surface area contributed by atoms with Crippen LogP contribution in [0.5, 0.6) is 0 Å². The SMILES string of the molecule is Cc1ccsc1C(C)(N)c1ccc(F)cn1. The molecule has 0 amide bonds. The van der Waals surface area contributed by atoms with E-state index < -0.39 is 5.54 Å². The maximum Gasteiger partial charge on any atom is 0.141 e. The number of hydrogen-bond acceptors (Lipinski definition) is 3. The first kappa shape index (κ1) is 11.2. The number of halogens is 1. The third kappa shape index (κ3) is 1.86. The first-order valence-electron chi connectivity index (χ1n) is 4.97. The summed E-state index contributed by atoms with van der Waals surface area (Å²) in [6.07, 6.45) is 1.20. The number of nitrogens with zero attached hydrogens (tertiary/aromatic N) is 1. The van der Waals surface area contributed by atoms with E-state index in [2.05, 4.69) is 4.98 Å². The van der Waals surface area contributed by atoms with Crippen molar-refractivity contribution in [2.24, 2.45) is 5.73 Å².